The van der Waals surface area contributed by atoms with Gasteiger partial charge >= 0.3 is 0 Å². The fourth-order valence-electron chi connectivity index (χ4n) is 9.36. The molecule has 4 heteroatoms. The molecule has 4 saturated carbocycles. The smallest absolute Gasteiger partial charge is 0.260 e. The third-order valence-electron chi connectivity index (χ3n) is 10.9. The Kier molecular flexibility index (Phi) is 5.18. The third-order valence-corrected chi connectivity index (χ3v) is 10.9. The van der Waals surface area contributed by atoms with Crippen molar-refractivity contribution >= 4 is 32.3 Å². The zero-order valence-corrected chi connectivity index (χ0v) is 23.3. The minimum atomic E-state index is -0.879. The van der Waals surface area contributed by atoms with E-state index in [0.29, 0.717) is 18.4 Å². The molecular formula is C37H34O4. The van der Waals surface area contributed by atoms with Crippen molar-refractivity contribution in [3.8, 4) is 5.75 Å². The second-order valence-corrected chi connectivity index (χ2v) is 12.9. The standard InChI is InChI=1S/C37H34O4/c1-38-37(36(40-41-37)28-17-23-16-24(19-28)20-29(36)18-23)27-8-5-9-30(21-27)39-22-26-7-4-11-33-32(26)14-15-34-31-10-3-2-6-25(31)12-13-35(33)34/h2-15,21,23-24,28-29H,16-20,22H2,1H3. The van der Waals surface area contributed by atoms with Crippen LogP contribution in [-0.2, 0) is 26.9 Å². The fraction of sp³-hybridized carbons (Fsp3) is 0.351. The zero-order chi connectivity index (χ0) is 27.2. The van der Waals surface area contributed by atoms with Gasteiger partial charge in [0.1, 0.15) is 12.4 Å². The van der Waals surface area contributed by atoms with Gasteiger partial charge in [0.2, 0.25) is 0 Å². The van der Waals surface area contributed by atoms with E-state index in [2.05, 4.69) is 84.9 Å². The van der Waals surface area contributed by atoms with E-state index < -0.39 is 11.4 Å². The second kappa shape index (κ2) is 8.78. The summed E-state index contributed by atoms with van der Waals surface area (Å²) in [5.74, 6) is 2.59. The van der Waals surface area contributed by atoms with Gasteiger partial charge in [0.25, 0.3) is 5.79 Å². The highest BCUT2D eigenvalue weighted by Gasteiger charge is 2.76. The van der Waals surface area contributed by atoms with Gasteiger partial charge in [0.15, 0.2) is 5.60 Å². The van der Waals surface area contributed by atoms with Crippen LogP contribution in [0.2, 0.25) is 0 Å². The number of hydrogen-bond acceptors (Lipinski definition) is 4. The minimum absolute atomic E-state index is 0.394. The monoisotopic (exact) mass is 542 g/mol. The summed E-state index contributed by atoms with van der Waals surface area (Å²) in [7, 11) is 1.77. The number of methoxy groups -OCH3 is 1. The van der Waals surface area contributed by atoms with Crippen molar-refractivity contribution in [2.24, 2.45) is 23.7 Å². The largest absolute Gasteiger partial charge is 0.489 e. The number of ether oxygens (including phenoxy) is 2. The second-order valence-electron chi connectivity index (χ2n) is 12.9. The molecular weight excluding hydrogens is 508 g/mol. The molecule has 4 bridgehead atoms. The van der Waals surface area contributed by atoms with Crippen LogP contribution in [0.5, 0.6) is 5.75 Å². The van der Waals surface area contributed by atoms with Crippen molar-refractivity contribution < 1.29 is 19.2 Å². The van der Waals surface area contributed by atoms with Gasteiger partial charge in [-0.3, -0.25) is 0 Å². The Morgan fingerprint density at radius 3 is 2.12 bits per heavy atom. The van der Waals surface area contributed by atoms with Gasteiger partial charge in [0, 0.05) is 12.7 Å². The van der Waals surface area contributed by atoms with Crippen molar-refractivity contribution in [3.05, 3.63) is 102 Å². The summed E-state index contributed by atoms with van der Waals surface area (Å²) < 4.78 is 12.8. The van der Waals surface area contributed by atoms with Crippen LogP contribution in [0.25, 0.3) is 32.3 Å². The van der Waals surface area contributed by atoms with Crippen LogP contribution in [0, 0.1) is 23.7 Å². The molecule has 5 aliphatic rings. The molecule has 10 rings (SSSR count). The lowest BCUT2D eigenvalue weighted by Crippen LogP contribution is -2.76. The normalized spacial score (nSPS) is 31.7. The summed E-state index contributed by atoms with van der Waals surface area (Å²) in [4.78, 5) is 12.2. The SMILES string of the molecule is COC1(c2cccc(OCc3cccc4c3ccc3c5ccccc5ccc43)c2)OOC12C1CC3CC(C1)CC2C3. The molecule has 41 heavy (non-hydrogen) atoms. The van der Waals surface area contributed by atoms with E-state index in [4.69, 9.17) is 19.2 Å². The number of rotatable bonds is 5. The molecule has 5 aromatic rings. The van der Waals surface area contributed by atoms with Crippen molar-refractivity contribution in [1.82, 2.24) is 0 Å². The highest BCUT2D eigenvalue weighted by molar-refractivity contribution is 6.17. The molecule has 0 aromatic heterocycles. The molecule has 4 aliphatic carbocycles. The fourth-order valence-corrected chi connectivity index (χ4v) is 9.36. The molecule has 1 saturated heterocycles. The Labute approximate surface area is 240 Å². The van der Waals surface area contributed by atoms with Crippen LogP contribution in [0.15, 0.2) is 91.0 Å². The minimum Gasteiger partial charge on any atom is -0.489 e. The molecule has 4 nitrogen and oxygen atoms in total. The lowest BCUT2D eigenvalue weighted by atomic mass is 9.47. The summed E-state index contributed by atoms with van der Waals surface area (Å²) >= 11 is 0. The molecule has 1 heterocycles. The number of hydrogen-bond donors (Lipinski definition) is 0. The van der Waals surface area contributed by atoms with E-state index in [1.807, 2.05) is 6.07 Å². The van der Waals surface area contributed by atoms with Crippen molar-refractivity contribution in [2.45, 2.75) is 50.1 Å². The van der Waals surface area contributed by atoms with E-state index >= 15 is 0 Å². The maximum absolute atomic E-state index is 6.47. The molecule has 0 N–H and O–H groups in total. The highest BCUT2D eigenvalue weighted by Crippen LogP contribution is 2.69. The van der Waals surface area contributed by atoms with Crippen LogP contribution < -0.4 is 4.74 Å². The van der Waals surface area contributed by atoms with Crippen molar-refractivity contribution in [1.29, 1.82) is 0 Å². The maximum Gasteiger partial charge on any atom is 0.260 e. The van der Waals surface area contributed by atoms with Gasteiger partial charge < -0.3 is 9.47 Å². The molecule has 1 spiro atoms. The maximum atomic E-state index is 6.47. The van der Waals surface area contributed by atoms with Crippen LogP contribution >= 0.6 is 0 Å². The Bertz CT molecular complexity index is 1790. The summed E-state index contributed by atoms with van der Waals surface area (Å²) in [5, 5.41) is 7.59. The first-order valence-electron chi connectivity index (χ1n) is 15.2. The van der Waals surface area contributed by atoms with E-state index in [-0.39, 0.29) is 0 Å². The third kappa shape index (κ3) is 3.27. The van der Waals surface area contributed by atoms with Gasteiger partial charge in [-0.05, 0) is 106 Å². The van der Waals surface area contributed by atoms with Crippen LogP contribution in [0.4, 0.5) is 0 Å². The lowest BCUT2D eigenvalue weighted by Gasteiger charge is -2.68. The topological polar surface area (TPSA) is 36.9 Å². The summed E-state index contributed by atoms with van der Waals surface area (Å²) in [6.07, 6.45) is 6.30. The van der Waals surface area contributed by atoms with E-state index in [1.165, 1.54) is 70.0 Å². The van der Waals surface area contributed by atoms with Crippen LogP contribution in [0.1, 0.15) is 43.2 Å². The van der Waals surface area contributed by atoms with E-state index in [1.54, 1.807) is 7.11 Å². The quantitative estimate of drug-likeness (QED) is 0.164. The van der Waals surface area contributed by atoms with Gasteiger partial charge in [-0.15, -0.1) is 0 Å². The first-order valence-corrected chi connectivity index (χ1v) is 15.2. The molecule has 1 aliphatic heterocycles. The molecule has 0 amide bonds. The van der Waals surface area contributed by atoms with E-state index in [0.717, 1.165) is 23.1 Å². The molecule has 5 aromatic carbocycles. The molecule has 206 valence electrons. The predicted molar refractivity (Wildman–Crippen MR) is 160 cm³/mol. The van der Waals surface area contributed by atoms with Crippen LogP contribution in [-0.4, -0.2) is 12.7 Å². The van der Waals surface area contributed by atoms with Gasteiger partial charge in [0.05, 0.1) is 0 Å². The first-order chi connectivity index (χ1) is 20.2. The summed E-state index contributed by atoms with van der Waals surface area (Å²) in [5.41, 5.74) is 1.77. The van der Waals surface area contributed by atoms with Crippen molar-refractivity contribution in [3.63, 3.8) is 0 Å². The number of benzene rings is 5. The van der Waals surface area contributed by atoms with E-state index in [9.17, 15) is 0 Å². The Balaban J connectivity index is 1.04. The first kappa shape index (κ1) is 24.2. The number of fused-ring (bicyclic) bond motifs is 5. The van der Waals surface area contributed by atoms with Crippen LogP contribution in [0.3, 0.4) is 0 Å². The lowest BCUT2D eigenvalue weighted by molar-refractivity contribution is -0.645. The van der Waals surface area contributed by atoms with Gasteiger partial charge in [-0.25, -0.2) is 4.89 Å². The average molecular weight is 543 g/mol. The highest BCUT2D eigenvalue weighted by atomic mass is 17.3. The predicted octanol–water partition coefficient (Wildman–Crippen LogP) is 8.68. The molecule has 1 atom stereocenters. The van der Waals surface area contributed by atoms with Gasteiger partial charge in [-0.1, -0.05) is 78.9 Å². The molecule has 1 unspecified atom stereocenters. The summed E-state index contributed by atoms with van der Waals surface area (Å²) in [6, 6.07) is 32.4. The van der Waals surface area contributed by atoms with Crippen molar-refractivity contribution in [2.75, 3.05) is 7.11 Å². The molecule has 0 radical (unpaired) electrons. The summed E-state index contributed by atoms with van der Waals surface area (Å²) in [6.45, 7) is 0.483. The average Bonchev–Trinajstić information content (AvgIpc) is 2.99. The van der Waals surface area contributed by atoms with Gasteiger partial charge in [-0.2, -0.15) is 4.89 Å². The Morgan fingerprint density at radius 2 is 1.34 bits per heavy atom. The molecule has 5 fully saturated rings. The Hall–Kier alpha value is -3.44. The Morgan fingerprint density at radius 1 is 0.659 bits per heavy atom. The zero-order valence-electron chi connectivity index (χ0n) is 23.3.